The molecule has 0 radical (unpaired) electrons. The van der Waals surface area contributed by atoms with Gasteiger partial charge in [-0.15, -0.1) is 0 Å². The molecular weight excluding hydrogens is 212 g/mol. The van der Waals surface area contributed by atoms with Gasteiger partial charge in [0, 0.05) is 0 Å². The van der Waals surface area contributed by atoms with E-state index in [0.717, 1.165) is 19.5 Å². The van der Waals surface area contributed by atoms with Crippen molar-refractivity contribution in [3.05, 3.63) is 0 Å². The second kappa shape index (κ2) is 7.43. The molecule has 8 heavy (non-hydrogen) atoms. The summed E-state index contributed by atoms with van der Waals surface area (Å²) in [5.74, 6) is 0. The van der Waals surface area contributed by atoms with Crippen molar-refractivity contribution >= 4 is 94.9 Å². The van der Waals surface area contributed by atoms with E-state index in [0.29, 0.717) is 0 Å². The molecule has 0 N–H and O–H groups in total. The van der Waals surface area contributed by atoms with Gasteiger partial charge >= 0.3 is 51.4 Å². The number of hydrogen-bond acceptors (Lipinski definition) is 2. The van der Waals surface area contributed by atoms with Crippen LogP contribution in [0.4, 0.5) is 0 Å². The Hall–Kier alpha value is 2.32. The van der Waals surface area contributed by atoms with Crippen molar-refractivity contribution in [3.8, 4) is 0 Å². The number of rotatable bonds is 2. The third-order valence-corrected chi connectivity index (χ3v) is 32.5. The van der Waals surface area contributed by atoms with Crippen molar-refractivity contribution in [1.29, 1.82) is 0 Å². The van der Waals surface area contributed by atoms with Gasteiger partial charge in [0.2, 0.25) is 15.4 Å². The Bertz CT molecular complexity index is 86.6. The Kier molecular flexibility index (Phi) is 12.0. The summed E-state index contributed by atoms with van der Waals surface area (Å²) >= 11 is 0. The summed E-state index contributed by atoms with van der Waals surface area (Å²) in [5, 5.41) is 0. The van der Waals surface area contributed by atoms with Gasteiger partial charge in [-0.2, -0.15) is 0 Å². The Labute approximate surface area is 102 Å². The van der Waals surface area contributed by atoms with Crippen LogP contribution in [-0.2, 0) is 8.92 Å². The predicted octanol–water partition coefficient (Wildman–Crippen LogP) is -4.93. The molecule has 0 fully saturated rings. The van der Waals surface area contributed by atoms with Crippen molar-refractivity contribution in [3.63, 3.8) is 0 Å². The van der Waals surface area contributed by atoms with Crippen LogP contribution in [0.15, 0.2) is 0 Å². The number of hydrogen-bond donors (Lipinski definition) is 0. The standard InChI is InChI=1S/K.H8O2Si5.H/c;1-6(3)5-7(2)4;/h;5H2,3-4H3;. The first kappa shape index (κ1) is 13.0. The van der Waals surface area contributed by atoms with Gasteiger partial charge in [0.15, 0.2) is 0 Å². The van der Waals surface area contributed by atoms with Crippen molar-refractivity contribution in [2.45, 2.75) is 0 Å². The Morgan fingerprint density at radius 2 is 1.38 bits per heavy atom. The maximum atomic E-state index is 10.4. The second-order valence-electron chi connectivity index (χ2n) is 1.58. The van der Waals surface area contributed by atoms with Crippen LogP contribution in [0, 0.1) is 0 Å². The molecule has 0 aliphatic carbocycles. The molecule has 0 atom stereocenters. The molecule has 0 amide bonds. The average molecular weight is 221 g/mol. The van der Waals surface area contributed by atoms with Crippen molar-refractivity contribution in [1.82, 2.24) is 0 Å². The first-order valence-electron chi connectivity index (χ1n) is 2.12. The summed E-state index contributed by atoms with van der Waals surface area (Å²) in [6.45, 7) is 0. The Morgan fingerprint density at radius 3 is 1.38 bits per heavy atom. The van der Waals surface area contributed by atoms with Gasteiger partial charge in [-0.05, 0) is 0 Å². The van der Waals surface area contributed by atoms with Crippen LogP contribution in [0.1, 0.15) is 0 Å². The van der Waals surface area contributed by atoms with Crippen LogP contribution >= 0.6 is 0 Å². The van der Waals surface area contributed by atoms with Crippen molar-refractivity contribution in [2.75, 3.05) is 0 Å². The zero-order chi connectivity index (χ0) is 5.86. The molecule has 0 bridgehead atoms. The van der Waals surface area contributed by atoms with E-state index in [9.17, 15) is 8.92 Å². The van der Waals surface area contributed by atoms with E-state index in [1.807, 2.05) is 0 Å². The minimum absolute atomic E-state index is 0. The van der Waals surface area contributed by atoms with Gasteiger partial charge < -0.3 is 8.92 Å². The normalized spacial score (nSPS) is 9.50. The molecular formula is H9KO2Si5. The topological polar surface area (TPSA) is 34.1 Å². The molecule has 42 valence electrons. The second-order valence-corrected chi connectivity index (χ2v) is 30.1. The fourth-order valence-corrected chi connectivity index (χ4v) is 55.4. The van der Waals surface area contributed by atoms with Crippen LogP contribution in [0.3, 0.4) is 0 Å². The first-order valence-corrected chi connectivity index (χ1v) is 16.6. The molecule has 0 aliphatic heterocycles. The zero-order valence-electron chi connectivity index (χ0n) is 4.52. The summed E-state index contributed by atoms with van der Waals surface area (Å²) in [4.78, 5) is 0. The van der Waals surface area contributed by atoms with E-state index in [2.05, 4.69) is 0 Å². The molecule has 0 aliphatic rings. The van der Waals surface area contributed by atoms with E-state index in [1.54, 1.807) is 0 Å². The summed E-state index contributed by atoms with van der Waals surface area (Å²) in [6, 6.07) is 0. The van der Waals surface area contributed by atoms with E-state index in [4.69, 9.17) is 0 Å². The molecule has 0 aromatic rings. The quantitative estimate of drug-likeness (QED) is 0.437. The summed E-state index contributed by atoms with van der Waals surface area (Å²) in [6.07, 6.45) is 0. The van der Waals surface area contributed by atoms with E-state index in [-0.39, 0.29) is 51.4 Å². The third-order valence-electron chi connectivity index (χ3n) is 0.498. The molecule has 0 aromatic carbocycles. The molecule has 0 rings (SSSR count). The monoisotopic (exact) mass is 220 g/mol. The molecule has 0 saturated carbocycles. The first-order chi connectivity index (χ1) is 3.13. The molecule has 0 spiro atoms. The van der Waals surface area contributed by atoms with Crippen LogP contribution < -0.4 is 0 Å². The summed E-state index contributed by atoms with van der Waals surface area (Å²) in [7, 11) is -1.14. The fraction of sp³-hybridized carbons (Fsp3) is 0. The van der Waals surface area contributed by atoms with E-state index in [1.165, 1.54) is 0 Å². The van der Waals surface area contributed by atoms with Crippen molar-refractivity contribution < 1.29 is 8.92 Å². The van der Waals surface area contributed by atoms with Crippen LogP contribution in [-0.4, -0.2) is 94.9 Å². The van der Waals surface area contributed by atoms with Crippen molar-refractivity contribution in [2.24, 2.45) is 0 Å². The zero-order valence-corrected chi connectivity index (χ0v) is 11.9. The van der Waals surface area contributed by atoms with Gasteiger partial charge in [-0.1, -0.05) is 0 Å². The minimum atomic E-state index is -1.14. The van der Waals surface area contributed by atoms with Crippen LogP contribution in [0.25, 0.3) is 0 Å². The molecule has 2 nitrogen and oxygen atoms in total. The van der Waals surface area contributed by atoms with E-state index < -0.39 is 24.0 Å². The maximum absolute atomic E-state index is 10.4. The SMILES string of the molecule is O=[Si]([SiH3])[SiH2][Si](=O)[SiH3].[KH]. The van der Waals surface area contributed by atoms with E-state index >= 15 is 0 Å². The fourth-order valence-electron chi connectivity index (χ4n) is 0.351. The van der Waals surface area contributed by atoms with Crippen LogP contribution in [0.2, 0.25) is 0 Å². The summed E-state index contributed by atoms with van der Waals surface area (Å²) in [5.41, 5.74) is 0. The predicted molar refractivity (Wildman–Crippen MR) is 48.5 cm³/mol. The van der Waals surface area contributed by atoms with Gasteiger partial charge in [0.05, 0.1) is 19.5 Å². The molecule has 0 heterocycles. The molecule has 0 unspecified atom stereocenters. The molecule has 0 saturated heterocycles. The van der Waals surface area contributed by atoms with Gasteiger partial charge in [-0.25, -0.2) is 0 Å². The van der Waals surface area contributed by atoms with Crippen LogP contribution in [0.5, 0.6) is 0 Å². The Morgan fingerprint density at radius 1 is 1.12 bits per heavy atom. The van der Waals surface area contributed by atoms with Gasteiger partial charge in [-0.3, -0.25) is 0 Å². The summed E-state index contributed by atoms with van der Waals surface area (Å²) < 4.78 is 20.8. The molecule has 8 heteroatoms. The van der Waals surface area contributed by atoms with Gasteiger partial charge in [0.1, 0.15) is 8.55 Å². The Balaban J connectivity index is 0. The average Bonchev–Trinajstić information content (AvgIpc) is 1.27. The molecule has 0 aromatic heterocycles. The third kappa shape index (κ3) is 11.2. The van der Waals surface area contributed by atoms with Gasteiger partial charge in [0.25, 0.3) is 0 Å².